The van der Waals surface area contributed by atoms with Crippen LogP contribution < -0.4 is 0 Å². The van der Waals surface area contributed by atoms with Gasteiger partial charge in [0.15, 0.2) is 0 Å². The summed E-state index contributed by atoms with van der Waals surface area (Å²) < 4.78 is 0. The smallest absolute Gasteiger partial charge is 0.222 e. The molecule has 2 aliphatic rings. The van der Waals surface area contributed by atoms with Crippen LogP contribution in [0.2, 0.25) is 0 Å². The van der Waals surface area contributed by atoms with Crippen LogP contribution in [0.15, 0.2) is 30.3 Å². The van der Waals surface area contributed by atoms with E-state index in [4.69, 9.17) is 0 Å². The summed E-state index contributed by atoms with van der Waals surface area (Å²) in [7, 11) is 4.05. The Morgan fingerprint density at radius 3 is 2.58 bits per heavy atom. The second-order valence-corrected chi connectivity index (χ2v) is 9.50. The molecule has 5 heteroatoms. The molecule has 2 heterocycles. The van der Waals surface area contributed by atoms with Crippen LogP contribution in [0.4, 0.5) is 0 Å². The molecule has 1 aromatic rings. The Morgan fingerprint density at radius 1 is 1.08 bits per heavy atom. The van der Waals surface area contributed by atoms with Crippen molar-refractivity contribution in [3.63, 3.8) is 0 Å². The average molecular weight is 365 g/mol. The molecule has 132 valence electrons. The van der Waals surface area contributed by atoms with Crippen molar-refractivity contribution in [3.05, 3.63) is 35.9 Å². The van der Waals surface area contributed by atoms with E-state index in [1.54, 1.807) is 0 Å². The zero-order chi connectivity index (χ0) is 16.6. The van der Waals surface area contributed by atoms with Crippen molar-refractivity contribution in [1.29, 1.82) is 0 Å². The van der Waals surface area contributed by atoms with Crippen molar-refractivity contribution in [1.82, 2.24) is 9.80 Å². The predicted octanol–water partition coefficient (Wildman–Crippen LogP) is 4.04. The van der Waals surface area contributed by atoms with Crippen LogP contribution in [0.25, 0.3) is 0 Å². The van der Waals surface area contributed by atoms with E-state index in [-0.39, 0.29) is 0 Å². The van der Waals surface area contributed by atoms with Crippen LogP contribution in [-0.4, -0.2) is 52.9 Å². The summed E-state index contributed by atoms with van der Waals surface area (Å²) >= 11 is 0. The number of carbonyl (C=O) groups is 1. The fourth-order valence-electron chi connectivity index (χ4n) is 3.37. The van der Waals surface area contributed by atoms with E-state index in [0.29, 0.717) is 5.91 Å². The lowest BCUT2D eigenvalue weighted by molar-refractivity contribution is -0.133. The Balaban J connectivity index is 1.30. The molecule has 1 amide bonds. The molecule has 0 saturated carbocycles. The summed E-state index contributed by atoms with van der Waals surface area (Å²) in [5, 5.41) is 0.839. The van der Waals surface area contributed by atoms with Gasteiger partial charge in [-0.2, -0.15) is 0 Å². The summed E-state index contributed by atoms with van der Waals surface area (Å²) in [6.45, 7) is 4.77. The summed E-state index contributed by atoms with van der Waals surface area (Å²) in [6, 6.07) is 10.6. The molecule has 2 aliphatic heterocycles. The first-order valence-electron chi connectivity index (χ1n) is 9.13. The normalized spacial score (nSPS) is 22.0. The number of hydrogen-bond acceptors (Lipinski definition) is 4. The zero-order valence-electron chi connectivity index (χ0n) is 14.4. The molecule has 1 atom stereocenters. The van der Waals surface area contributed by atoms with Gasteiger partial charge < -0.3 is 4.90 Å². The monoisotopic (exact) mass is 364 g/mol. The fraction of sp³-hybridized carbons (Fsp3) is 0.632. The lowest BCUT2D eigenvalue weighted by Gasteiger charge is -2.34. The number of carbonyl (C=O) groups excluding carboxylic acids is 1. The highest BCUT2D eigenvalue weighted by molar-refractivity contribution is 8.77. The van der Waals surface area contributed by atoms with Crippen molar-refractivity contribution >= 4 is 27.5 Å². The van der Waals surface area contributed by atoms with Gasteiger partial charge in [0.1, 0.15) is 0 Å². The molecular formula is C19H28N2OS2. The van der Waals surface area contributed by atoms with Crippen LogP contribution in [0.5, 0.6) is 0 Å². The Labute approximate surface area is 153 Å². The third-order valence-corrected chi connectivity index (χ3v) is 7.87. The van der Waals surface area contributed by atoms with Gasteiger partial charge in [0.2, 0.25) is 5.91 Å². The highest BCUT2D eigenvalue weighted by atomic mass is 33.1. The van der Waals surface area contributed by atoms with Crippen molar-refractivity contribution in [2.75, 3.05) is 31.9 Å². The maximum Gasteiger partial charge on any atom is 0.222 e. The summed E-state index contributed by atoms with van der Waals surface area (Å²) in [5.74, 6) is 1.67. The van der Waals surface area contributed by atoms with Gasteiger partial charge in [0.25, 0.3) is 0 Å². The van der Waals surface area contributed by atoms with Crippen LogP contribution in [0.3, 0.4) is 0 Å². The Bertz CT molecular complexity index is 497. The van der Waals surface area contributed by atoms with Gasteiger partial charge >= 0.3 is 0 Å². The first kappa shape index (κ1) is 18.2. The number of nitrogens with zero attached hydrogens (tertiary/aromatic N) is 2. The molecule has 0 aromatic heterocycles. The number of amides is 1. The van der Waals surface area contributed by atoms with Gasteiger partial charge in [-0.1, -0.05) is 58.3 Å². The minimum Gasteiger partial charge on any atom is -0.340 e. The molecule has 3 rings (SSSR count). The predicted molar refractivity (Wildman–Crippen MR) is 105 cm³/mol. The first-order valence-corrected chi connectivity index (χ1v) is 11.5. The molecule has 0 radical (unpaired) electrons. The third kappa shape index (κ3) is 5.71. The second kappa shape index (κ2) is 9.73. The van der Waals surface area contributed by atoms with Crippen molar-refractivity contribution in [2.45, 2.75) is 43.9 Å². The van der Waals surface area contributed by atoms with Gasteiger partial charge in [-0.25, -0.2) is 0 Å². The number of unbranched alkanes of at least 4 members (excludes halogenated alkanes) is 1. The molecule has 0 bridgehead atoms. The average Bonchev–Trinajstić information content (AvgIpc) is 3.13. The molecule has 0 N–H and O–H groups in total. The topological polar surface area (TPSA) is 23.6 Å². The Morgan fingerprint density at radius 2 is 1.88 bits per heavy atom. The van der Waals surface area contributed by atoms with E-state index in [9.17, 15) is 4.79 Å². The molecule has 0 unspecified atom stereocenters. The highest BCUT2D eigenvalue weighted by Gasteiger charge is 2.21. The molecule has 1 aromatic carbocycles. The van der Waals surface area contributed by atoms with Crippen molar-refractivity contribution < 1.29 is 4.79 Å². The van der Waals surface area contributed by atoms with Gasteiger partial charge in [0.05, 0.1) is 0 Å². The van der Waals surface area contributed by atoms with E-state index in [0.717, 1.165) is 50.8 Å². The second-order valence-electron chi connectivity index (χ2n) is 6.72. The van der Waals surface area contributed by atoms with E-state index < -0.39 is 0 Å². The summed E-state index contributed by atoms with van der Waals surface area (Å²) in [4.78, 5) is 16.9. The van der Waals surface area contributed by atoms with E-state index in [1.165, 1.54) is 30.6 Å². The fourth-order valence-corrected chi connectivity index (χ4v) is 6.40. The van der Waals surface area contributed by atoms with E-state index >= 15 is 0 Å². The van der Waals surface area contributed by atoms with Crippen LogP contribution in [0, 0.1) is 0 Å². The summed E-state index contributed by atoms with van der Waals surface area (Å²) in [5.41, 5.74) is 1.36. The standard InChI is InChI=1S/C19H28N2OS2/c22-19(9-5-4-8-18-10-15-23-24-18)21-13-11-20(12-14-21)16-17-6-2-1-3-7-17/h1-3,6-7,18H,4-5,8-16H2/t18-/m1/s1. The minimum atomic E-state index is 0.364. The lowest BCUT2D eigenvalue weighted by Crippen LogP contribution is -2.48. The van der Waals surface area contributed by atoms with Gasteiger partial charge in [0, 0.05) is 50.1 Å². The number of piperazine rings is 1. The molecule has 3 nitrogen and oxygen atoms in total. The molecule has 24 heavy (non-hydrogen) atoms. The van der Waals surface area contributed by atoms with Gasteiger partial charge in [-0.05, 0) is 24.8 Å². The molecule has 2 saturated heterocycles. The largest absolute Gasteiger partial charge is 0.340 e. The first-order chi connectivity index (χ1) is 11.8. The van der Waals surface area contributed by atoms with Crippen molar-refractivity contribution in [3.8, 4) is 0 Å². The maximum absolute atomic E-state index is 12.4. The lowest BCUT2D eigenvalue weighted by atomic mass is 10.1. The molecule has 0 spiro atoms. The van der Waals surface area contributed by atoms with Gasteiger partial charge in [-0.15, -0.1) is 0 Å². The summed E-state index contributed by atoms with van der Waals surface area (Å²) in [6.07, 6.45) is 5.65. The maximum atomic E-state index is 12.4. The molecule has 2 fully saturated rings. The molecule has 0 aliphatic carbocycles. The quantitative estimate of drug-likeness (QED) is 0.538. The highest BCUT2D eigenvalue weighted by Crippen LogP contribution is 2.39. The van der Waals surface area contributed by atoms with Crippen LogP contribution in [0.1, 0.15) is 37.7 Å². The Hall–Kier alpha value is -0.650. The van der Waals surface area contributed by atoms with E-state index in [2.05, 4.69) is 40.1 Å². The van der Waals surface area contributed by atoms with E-state index in [1.807, 2.05) is 21.6 Å². The SMILES string of the molecule is O=C(CCCC[C@@H]1CCSS1)N1CCN(Cc2ccccc2)CC1. The Kier molecular flexibility index (Phi) is 7.36. The van der Waals surface area contributed by atoms with Crippen LogP contribution >= 0.6 is 21.6 Å². The minimum absolute atomic E-state index is 0.364. The third-order valence-electron chi connectivity index (χ3n) is 4.87. The van der Waals surface area contributed by atoms with Crippen molar-refractivity contribution in [2.24, 2.45) is 0 Å². The van der Waals surface area contributed by atoms with Crippen LogP contribution in [-0.2, 0) is 11.3 Å². The number of hydrogen-bond donors (Lipinski definition) is 0. The molecular weight excluding hydrogens is 336 g/mol. The zero-order valence-corrected chi connectivity index (χ0v) is 16.0. The number of rotatable bonds is 7. The number of benzene rings is 1. The van der Waals surface area contributed by atoms with Gasteiger partial charge in [-0.3, -0.25) is 9.69 Å².